The zero-order valence-corrected chi connectivity index (χ0v) is 23.3. The summed E-state index contributed by atoms with van der Waals surface area (Å²) >= 11 is 0. The van der Waals surface area contributed by atoms with Crippen LogP contribution in [0.1, 0.15) is 35.2 Å². The summed E-state index contributed by atoms with van der Waals surface area (Å²) in [4.78, 5) is 27.8. The molecule has 0 bridgehead atoms. The number of alkyl halides is 3. The van der Waals surface area contributed by atoms with Crippen molar-refractivity contribution in [3.63, 3.8) is 0 Å². The molecule has 3 aromatic rings. The number of halogens is 4. The molecule has 1 N–H and O–H groups in total. The van der Waals surface area contributed by atoms with E-state index in [0.29, 0.717) is 28.6 Å². The number of H-pyrrole nitrogens is 1. The second-order valence-electron chi connectivity index (χ2n) is 10.3. The molecule has 1 atom stereocenters. The molecular weight excluding hydrogens is 549 g/mol. The van der Waals surface area contributed by atoms with Gasteiger partial charge in [0.15, 0.2) is 0 Å². The van der Waals surface area contributed by atoms with Gasteiger partial charge in [-0.3, -0.25) is 4.90 Å². The number of benzene rings is 2. The van der Waals surface area contributed by atoms with Crippen LogP contribution in [0.4, 0.5) is 24.8 Å². The molecule has 0 spiro atoms. The molecule has 0 aliphatic carbocycles. The minimum atomic E-state index is -4.61. The van der Waals surface area contributed by atoms with E-state index in [1.807, 2.05) is 21.1 Å². The van der Waals surface area contributed by atoms with E-state index < -0.39 is 29.4 Å². The van der Waals surface area contributed by atoms with Gasteiger partial charge in [-0.2, -0.15) is 18.4 Å². The van der Waals surface area contributed by atoms with E-state index in [1.54, 1.807) is 25.1 Å². The van der Waals surface area contributed by atoms with Gasteiger partial charge in [-0.15, -0.1) is 5.10 Å². The predicted molar refractivity (Wildman–Crippen MR) is 137 cm³/mol. The van der Waals surface area contributed by atoms with Crippen LogP contribution in [0.3, 0.4) is 0 Å². The summed E-state index contributed by atoms with van der Waals surface area (Å²) in [6.45, 7) is 2.26. The van der Waals surface area contributed by atoms with Crippen LogP contribution >= 0.6 is 0 Å². The van der Waals surface area contributed by atoms with E-state index in [1.165, 1.54) is 28.7 Å². The Morgan fingerprint density at radius 1 is 1.20 bits per heavy atom. The largest absolute Gasteiger partial charge is 1.00 e. The molecule has 0 amide bonds. The van der Waals surface area contributed by atoms with Gasteiger partial charge in [0.25, 0.3) is 0 Å². The Kier molecular flexibility index (Phi) is 8.52. The molecule has 0 saturated heterocycles. The first-order valence-corrected chi connectivity index (χ1v) is 12.0. The Morgan fingerprint density at radius 3 is 2.50 bits per heavy atom. The monoisotopic (exact) mass is 576 g/mol. The lowest BCUT2D eigenvalue weighted by molar-refractivity contribution is -0.870. The van der Waals surface area contributed by atoms with Gasteiger partial charge in [-0.05, 0) is 48.4 Å². The Hall–Kier alpha value is -4.08. The average Bonchev–Trinajstić information content (AvgIpc) is 3.26. The fourth-order valence-electron chi connectivity index (χ4n) is 4.69. The number of likely N-dealkylation sites (N-methyl/N-ethyl adjacent to an activating group) is 1. The van der Waals surface area contributed by atoms with E-state index in [4.69, 9.17) is 4.74 Å². The van der Waals surface area contributed by atoms with Crippen molar-refractivity contribution in [2.45, 2.75) is 25.6 Å². The number of aromatic amines is 1. The second kappa shape index (κ2) is 11.2. The number of hydrogen-bond donors (Lipinski definition) is 1. The number of anilines is 2. The smallest absolute Gasteiger partial charge is 0.416 e. The summed E-state index contributed by atoms with van der Waals surface area (Å²) in [6.07, 6.45) is -4.08. The third-order valence-electron chi connectivity index (χ3n) is 6.60. The molecule has 40 heavy (non-hydrogen) atoms. The topological polar surface area (TPSA) is 104 Å². The number of allylic oxidation sites excluding steroid dienone is 1. The summed E-state index contributed by atoms with van der Waals surface area (Å²) in [6, 6.07) is 10.7. The molecule has 2 aromatic carbocycles. The van der Waals surface area contributed by atoms with Gasteiger partial charge in [-0.1, -0.05) is 12.1 Å². The number of nitriles is 1. The molecule has 13 heteroatoms. The fraction of sp³-hybridized carbons (Fsp3) is 0.333. The van der Waals surface area contributed by atoms with Crippen LogP contribution in [0.15, 0.2) is 58.5 Å². The van der Waals surface area contributed by atoms with E-state index in [9.17, 15) is 28.0 Å². The molecule has 1 aliphatic rings. The molecule has 1 aromatic heterocycles. The Morgan fingerprint density at radius 2 is 1.90 bits per heavy atom. The number of quaternary nitrogens is 1. The minimum Gasteiger partial charge on any atom is -1.00 e. The minimum absolute atomic E-state index is 0. The van der Waals surface area contributed by atoms with Crippen LogP contribution < -0.4 is 23.0 Å². The summed E-state index contributed by atoms with van der Waals surface area (Å²) in [5, 5.41) is 16.0. The predicted octanol–water partition coefficient (Wildman–Crippen LogP) is 0.903. The second-order valence-corrected chi connectivity index (χ2v) is 10.3. The van der Waals surface area contributed by atoms with Crippen molar-refractivity contribution in [1.82, 2.24) is 14.8 Å². The molecule has 0 unspecified atom stereocenters. The summed E-state index contributed by atoms with van der Waals surface area (Å²) in [5.41, 5.74) is 0.547. The van der Waals surface area contributed by atoms with Crippen molar-refractivity contribution >= 4 is 17.6 Å². The average molecular weight is 577 g/mol. The van der Waals surface area contributed by atoms with Crippen molar-refractivity contribution < 1.29 is 39.6 Å². The highest BCUT2D eigenvalue weighted by molar-refractivity contribution is 5.93. The standard InChI is InChI=1S/C27H27F3N6O3.ClH/c1-16-22(24(37)39-5)23(21-10-9-17(15-31)13-18(21)11-12-36(2,3)4)35-25(32-33-26(35)38)34(16)20-8-6-7-19(14-20)27(28,29)30;/h6-10,13-14,23H,11-12H2,1-5H3;1H/t23-;/m1./s1. The highest BCUT2D eigenvalue weighted by Crippen LogP contribution is 2.43. The van der Waals surface area contributed by atoms with E-state index in [2.05, 4.69) is 16.3 Å². The van der Waals surface area contributed by atoms with Crippen molar-refractivity contribution in [3.8, 4) is 6.07 Å². The van der Waals surface area contributed by atoms with Crippen molar-refractivity contribution in [3.05, 3.63) is 86.5 Å². The number of methoxy groups -OCH3 is 1. The van der Waals surface area contributed by atoms with Gasteiger partial charge in [-0.25, -0.2) is 19.3 Å². The maximum Gasteiger partial charge on any atom is 0.416 e. The number of aromatic nitrogens is 3. The number of rotatable bonds is 6. The van der Waals surface area contributed by atoms with Crippen LogP contribution in [0.5, 0.6) is 0 Å². The van der Waals surface area contributed by atoms with Crippen molar-refractivity contribution in [1.29, 1.82) is 5.26 Å². The molecule has 4 rings (SSSR count). The van der Waals surface area contributed by atoms with Crippen LogP contribution in [0, 0.1) is 11.3 Å². The number of fused-ring (bicyclic) bond motifs is 1. The van der Waals surface area contributed by atoms with Gasteiger partial charge in [0.1, 0.15) is 6.04 Å². The fourth-order valence-corrected chi connectivity index (χ4v) is 4.69. The summed E-state index contributed by atoms with van der Waals surface area (Å²) in [5.74, 6) is -0.744. The molecule has 1 aliphatic heterocycles. The normalized spacial score (nSPS) is 15.3. The van der Waals surface area contributed by atoms with Crippen molar-refractivity contribution in [2.24, 2.45) is 0 Å². The Bertz CT molecular complexity index is 1560. The van der Waals surface area contributed by atoms with Crippen molar-refractivity contribution in [2.75, 3.05) is 39.7 Å². The SMILES string of the molecule is COC(=O)C1=C(C)N(c2cccc(C(F)(F)F)c2)c2n[nH]c(=O)n2[C@@H]1c1ccc(C#N)cc1CC[N+](C)(C)C.[Cl-]. The number of ether oxygens (including phenoxy) is 1. The number of nitrogens with one attached hydrogen (secondary N) is 1. The first kappa shape index (κ1) is 30.5. The van der Waals surface area contributed by atoms with E-state index >= 15 is 0 Å². The third kappa shape index (κ3) is 5.76. The molecular formula is C27H28ClF3N6O3. The highest BCUT2D eigenvalue weighted by Gasteiger charge is 2.41. The molecule has 9 nitrogen and oxygen atoms in total. The highest BCUT2D eigenvalue weighted by atomic mass is 35.5. The molecule has 212 valence electrons. The molecule has 0 radical (unpaired) electrons. The number of hydrogen-bond acceptors (Lipinski definition) is 6. The van der Waals surface area contributed by atoms with Crippen LogP contribution in [-0.2, 0) is 22.1 Å². The number of carbonyl (C=O) groups excluding carboxylic acids is 1. The quantitative estimate of drug-likeness (QED) is 0.346. The zero-order valence-electron chi connectivity index (χ0n) is 22.5. The lowest BCUT2D eigenvalue weighted by atomic mass is 9.89. The number of carbonyl (C=O) groups is 1. The van der Waals surface area contributed by atoms with Gasteiger partial charge in [0, 0.05) is 17.8 Å². The van der Waals surface area contributed by atoms with Gasteiger partial charge in [0.2, 0.25) is 5.95 Å². The Labute approximate surface area is 235 Å². The maximum atomic E-state index is 13.5. The zero-order chi connectivity index (χ0) is 28.7. The third-order valence-corrected chi connectivity index (χ3v) is 6.60. The van der Waals surface area contributed by atoms with Gasteiger partial charge in [0.05, 0.1) is 57.6 Å². The lowest BCUT2D eigenvalue weighted by Gasteiger charge is -2.36. The van der Waals surface area contributed by atoms with E-state index in [-0.39, 0.29) is 35.3 Å². The molecule has 0 fully saturated rings. The van der Waals surface area contributed by atoms with Crippen LogP contribution in [-0.4, -0.2) is 60.0 Å². The first-order chi connectivity index (χ1) is 18.3. The Balaban J connectivity index is 0.00000441. The van der Waals surface area contributed by atoms with Gasteiger partial charge < -0.3 is 21.6 Å². The lowest BCUT2D eigenvalue weighted by Crippen LogP contribution is -3.00. The number of nitrogens with zero attached hydrogens (tertiary/aromatic N) is 5. The van der Waals surface area contributed by atoms with Crippen LogP contribution in [0.2, 0.25) is 0 Å². The maximum absolute atomic E-state index is 13.5. The summed E-state index contributed by atoms with van der Waals surface area (Å²) < 4.78 is 47.6. The van der Waals surface area contributed by atoms with E-state index in [0.717, 1.165) is 17.7 Å². The summed E-state index contributed by atoms with van der Waals surface area (Å²) in [7, 11) is 7.25. The first-order valence-electron chi connectivity index (χ1n) is 12.0. The number of esters is 1. The molecule has 2 heterocycles. The van der Waals surface area contributed by atoms with Crippen LogP contribution in [0.25, 0.3) is 0 Å². The van der Waals surface area contributed by atoms with Gasteiger partial charge >= 0.3 is 17.8 Å². The molecule has 0 saturated carbocycles.